The van der Waals surface area contributed by atoms with Gasteiger partial charge < -0.3 is 14.9 Å². The highest BCUT2D eigenvalue weighted by Crippen LogP contribution is 2.20. The van der Waals surface area contributed by atoms with Crippen molar-refractivity contribution < 1.29 is 14.4 Å². The molecule has 2 N–H and O–H groups in total. The first kappa shape index (κ1) is 9.26. The van der Waals surface area contributed by atoms with Gasteiger partial charge in [0, 0.05) is 0 Å². The van der Waals surface area contributed by atoms with E-state index in [4.69, 9.17) is 5.11 Å². The molecule has 1 heterocycles. The van der Waals surface area contributed by atoms with E-state index in [-0.39, 0.29) is 5.56 Å². The number of para-hydroxylation sites is 1. The van der Waals surface area contributed by atoms with Crippen LogP contribution in [-0.2, 0) is 0 Å². The van der Waals surface area contributed by atoms with Crippen LogP contribution in [0.25, 0.3) is 0 Å². The number of rotatable bonds is 3. The summed E-state index contributed by atoms with van der Waals surface area (Å²) >= 11 is 0. The number of nitrogens with one attached hydrogen (secondary N) is 1. The first-order valence-corrected chi connectivity index (χ1v) is 4.26. The molecule has 2 rings (SSSR count). The molecule has 0 aliphatic carbocycles. The molecule has 0 atom stereocenters. The van der Waals surface area contributed by atoms with Gasteiger partial charge in [0.25, 0.3) is 0 Å². The van der Waals surface area contributed by atoms with Crippen LogP contribution in [0.1, 0.15) is 10.4 Å². The van der Waals surface area contributed by atoms with E-state index in [1.54, 1.807) is 18.2 Å². The van der Waals surface area contributed by atoms with E-state index in [9.17, 15) is 4.79 Å². The molecule has 1 aromatic heterocycles. The lowest BCUT2D eigenvalue weighted by atomic mass is 10.2. The van der Waals surface area contributed by atoms with E-state index in [2.05, 4.69) is 15.0 Å². The highest BCUT2D eigenvalue weighted by atomic mass is 16.5. The van der Waals surface area contributed by atoms with Crippen LogP contribution in [0.5, 0.6) is 0 Å². The average Bonchev–Trinajstić information content (AvgIpc) is 2.71. The second-order valence-electron chi connectivity index (χ2n) is 2.89. The SMILES string of the molecule is O=C(O)c1ccccc1Nc1cnoc1. The predicted octanol–water partition coefficient (Wildman–Crippen LogP) is 2.12. The highest BCUT2D eigenvalue weighted by Gasteiger charge is 2.09. The second-order valence-corrected chi connectivity index (χ2v) is 2.89. The van der Waals surface area contributed by atoms with Crippen molar-refractivity contribution in [3.63, 3.8) is 0 Å². The molecular formula is C10H8N2O3. The Morgan fingerprint density at radius 1 is 1.40 bits per heavy atom. The maximum Gasteiger partial charge on any atom is 0.337 e. The number of aromatic nitrogens is 1. The summed E-state index contributed by atoms with van der Waals surface area (Å²) in [6.07, 6.45) is 2.87. The average molecular weight is 204 g/mol. The van der Waals surface area contributed by atoms with Crippen molar-refractivity contribution in [2.45, 2.75) is 0 Å². The zero-order valence-corrected chi connectivity index (χ0v) is 7.68. The van der Waals surface area contributed by atoms with Crippen LogP contribution >= 0.6 is 0 Å². The molecule has 0 saturated heterocycles. The molecule has 5 heteroatoms. The van der Waals surface area contributed by atoms with Crippen LogP contribution in [-0.4, -0.2) is 16.2 Å². The summed E-state index contributed by atoms with van der Waals surface area (Å²) in [5.41, 5.74) is 1.33. The molecule has 15 heavy (non-hydrogen) atoms. The van der Waals surface area contributed by atoms with Gasteiger partial charge >= 0.3 is 5.97 Å². The first-order valence-electron chi connectivity index (χ1n) is 4.26. The molecule has 5 nitrogen and oxygen atoms in total. The van der Waals surface area contributed by atoms with Crippen LogP contribution in [0.3, 0.4) is 0 Å². The minimum Gasteiger partial charge on any atom is -0.478 e. The Hall–Kier alpha value is -2.30. The number of hydrogen-bond donors (Lipinski definition) is 2. The third-order valence-electron chi connectivity index (χ3n) is 1.87. The van der Waals surface area contributed by atoms with E-state index >= 15 is 0 Å². The maximum atomic E-state index is 10.9. The number of nitrogens with zero attached hydrogens (tertiary/aromatic N) is 1. The summed E-state index contributed by atoms with van der Waals surface area (Å²) in [7, 11) is 0. The quantitative estimate of drug-likeness (QED) is 0.800. The van der Waals surface area contributed by atoms with Crippen molar-refractivity contribution in [3.05, 3.63) is 42.3 Å². The molecule has 1 aromatic carbocycles. The van der Waals surface area contributed by atoms with Gasteiger partial charge in [-0.1, -0.05) is 17.3 Å². The Bertz CT molecular complexity index is 465. The Labute approximate surface area is 85.3 Å². The monoisotopic (exact) mass is 204 g/mol. The Morgan fingerprint density at radius 2 is 2.20 bits per heavy atom. The number of anilines is 2. The summed E-state index contributed by atoms with van der Waals surface area (Å²) in [4.78, 5) is 10.9. The third-order valence-corrected chi connectivity index (χ3v) is 1.87. The smallest absolute Gasteiger partial charge is 0.337 e. The molecule has 0 fully saturated rings. The fraction of sp³-hybridized carbons (Fsp3) is 0. The third kappa shape index (κ3) is 1.96. The van der Waals surface area contributed by atoms with Gasteiger partial charge in [-0.2, -0.15) is 0 Å². The zero-order chi connectivity index (χ0) is 10.7. The van der Waals surface area contributed by atoms with Gasteiger partial charge in [0.05, 0.1) is 23.1 Å². The summed E-state index contributed by atoms with van der Waals surface area (Å²) < 4.78 is 4.63. The topological polar surface area (TPSA) is 75.4 Å². The standard InChI is InChI=1S/C10H8N2O3/c13-10(14)8-3-1-2-4-9(8)12-7-5-11-15-6-7/h1-6,12H,(H,13,14). The van der Waals surface area contributed by atoms with Crippen molar-refractivity contribution in [1.82, 2.24) is 5.16 Å². The van der Waals surface area contributed by atoms with Gasteiger partial charge in [0.1, 0.15) is 6.26 Å². The van der Waals surface area contributed by atoms with Crippen LogP contribution < -0.4 is 5.32 Å². The molecule has 2 aromatic rings. The van der Waals surface area contributed by atoms with Gasteiger partial charge in [-0.15, -0.1) is 0 Å². The minimum absolute atomic E-state index is 0.207. The lowest BCUT2D eigenvalue weighted by Gasteiger charge is -2.05. The largest absolute Gasteiger partial charge is 0.478 e. The molecule has 0 saturated carbocycles. The number of carbonyl (C=O) groups is 1. The van der Waals surface area contributed by atoms with Crippen molar-refractivity contribution in [3.8, 4) is 0 Å². The summed E-state index contributed by atoms with van der Waals surface area (Å²) in [6, 6.07) is 6.62. The second kappa shape index (κ2) is 3.83. The molecule has 0 aliphatic rings. The molecule has 0 bridgehead atoms. The molecule has 0 spiro atoms. The van der Waals surface area contributed by atoms with Crippen molar-refractivity contribution in [2.24, 2.45) is 0 Å². The van der Waals surface area contributed by atoms with Gasteiger partial charge in [-0.3, -0.25) is 0 Å². The maximum absolute atomic E-state index is 10.9. The predicted molar refractivity (Wildman–Crippen MR) is 53.2 cm³/mol. The van der Waals surface area contributed by atoms with Crippen molar-refractivity contribution in [2.75, 3.05) is 5.32 Å². The van der Waals surface area contributed by atoms with E-state index in [1.807, 2.05) is 0 Å². The number of benzene rings is 1. The van der Waals surface area contributed by atoms with Crippen molar-refractivity contribution >= 4 is 17.3 Å². The van der Waals surface area contributed by atoms with Crippen LogP contribution in [0.2, 0.25) is 0 Å². The fourth-order valence-corrected chi connectivity index (χ4v) is 1.20. The number of carboxylic acid groups (broad SMARTS) is 1. The Balaban J connectivity index is 2.32. The van der Waals surface area contributed by atoms with Gasteiger partial charge in [0.15, 0.2) is 0 Å². The van der Waals surface area contributed by atoms with Gasteiger partial charge in [0.2, 0.25) is 0 Å². The van der Waals surface area contributed by atoms with Crippen LogP contribution in [0.15, 0.2) is 41.2 Å². The number of hydrogen-bond acceptors (Lipinski definition) is 4. The van der Waals surface area contributed by atoms with E-state index < -0.39 is 5.97 Å². The summed E-state index contributed by atoms with van der Waals surface area (Å²) in [5, 5.41) is 15.3. The zero-order valence-electron chi connectivity index (χ0n) is 7.68. The Kier molecular flexibility index (Phi) is 2.37. The lowest BCUT2D eigenvalue weighted by Crippen LogP contribution is -2.01. The lowest BCUT2D eigenvalue weighted by molar-refractivity contribution is 0.0698. The molecule has 0 unspecified atom stereocenters. The number of carboxylic acids is 1. The van der Waals surface area contributed by atoms with Gasteiger partial charge in [-0.05, 0) is 12.1 Å². The van der Waals surface area contributed by atoms with E-state index in [0.29, 0.717) is 11.4 Å². The first-order chi connectivity index (χ1) is 7.27. The normalized spacial score (nSPS) is 9.87. The fourth-order valence-electron chi connectivity index (χ4n) is 1.20. The van der Waals surface area contributed by atoms with Crippen LogP contribution in [0, 0.1) is 0 Å². The molecular weight excluding hydrogens is 196 g/mol. The Morgan fingerprint density at radius 3 is 2.87 bits per heavy atom. The summed E-state index contributed by atoms with van der Waals surface area (Å²) in [6.45, 7) is 0. The summed E-state index contributed by atoms with van der Waals surface area (Å²) in [5.74, 6) is -0.977. The van der Waals surface area contributed by atoms with Crippen LogP contribution in [0.4, 0.5) is 11.4 Å². The minimum atomic E-state index is -0.977. The van der Waals surface area contributed by atoms with E-state index in [0.717, 1.165) is 0 Å². The molecule has 76 valence electrons. The van der Waals surface area contributed by atoms with Gasteiger partial charge in [-0.25, -0.2) is 4.79 Å². The molecule has 0 amide bonds. The molecule has 0 aliphatic heterocycles. The number of aromatic carboxylic acids is 1. The molecule has 0 radical (unpaired) electrons. The van der Waals surface area contributed by atoms with E-state index in [1.165, 1.54) is 18.5 Å². The van der Waals surface area contributed by atoms with Crippen molar-refractivity contribution in [1.29, 1.82) is 0 Å². The highest BCUT2D eigenvalue weighted by molar-refractivity contribution is 5.95.